The standard InChI is InChI=1S/C18H28O10/c1-9(19)23-8-13-14(24-10(2)20)15(25-11(3)21)16(26-12(4)22)17(27-13)28-18(5,6)7/h13-17H,8H2,1-7H3/t13-,14-,15+,16-,17-/m1/s1. The van der Waals surface area contributed by atoms with Crippen LogP contribution in [0.15, 0.2) is 0 Å². The highest BCUT2D eigenvalue weighted by atomic mass is 16.7. The van der Waals surface area contributed by atoms with E-state index in [0.29, 0.717) is 0 Å². The van der Waals surface area contributed by atoms with Crippen molar-refractivity contribution in [3.05, 3.63) is 0 Å². The first-order valence-corrected chi connectivity index (χ1v) is 8.78. The van der Waals surface area contributed by atoms with Gasteiger partial charge in [0, 0.05) is 27.7 Å². The second kappa shape index (κ2) is 9.83. The quantitative estimate of drug-likeness (QED) is 0.465. The molecule has 0 aromatic heterocycles. The molecular formula is C18H28O10. The molecule has 0 unspecified atom stereocenters. The summed E-state index contributed by atoms with van der Waals surface area (Å²) in [4.78, 5) is 46.1. The molecule has 1 aliphatic heterocycles. The van der Waals surface area contributed by atoms with Crippen LogP contribution in [0.4, 0.5) is 0 Å². The van der Waals surface area contributed by atoms with Crippen LogP contribution in [0.2, 0.25) is 0 Å². The molecule has 0 amide bonds. The minimum Gasteiger partial charge on any atom is -0.463 e. The van der Waals surface area contributed by atoms with Crippen LogP contribution in [0.5, 0.6) is 0 Å². The summed E-state index contributed by atoms with van der Waals surface area (Å²) < 4.78 is 32.5. The van der Waals surface area contributed by atoms with Gasteiger partial charge in [-0.2, -0.15) is 0 Å². The summed E-state index contributed by atoms with van der Waals surface area (Å²) in [6, 6.07) is 0. The first kappa shape index (κ1) is 23.8. The number of ether oxygens (including phenoxy) is 6. The van der Waals surface area contributed by atoms with E-state index in [-0.39, 0.29) is 6.61 Å². The van der Waals surface area contributed by atoms with Crippen molar-refractivity contribution in [1.29, 1.82) is 0 Å². The Morgan fingerprint density at radius 2 is 1.21 bits per heavy atom. The number of carbonyl (C=O) groups is 4. The summed E-state index contributed by atoms with van der Waals surface area (Å²) in [5.41, 5.74) is -0.718. The third-order valence-electron chi connectivity index (χ3n) is 3.42. The van der Waals surface area contributed by atoms with Crippen LogP contribution in [0, 0.1) is 0 Å². The zero-order valence-corrected chi connectivity index (χ0v) is 17.2. The lowest BCUT2D eigenvalue weighted by molar-refractivity contribution is -0.325. The summed E-state index contributed by atoms with van der Waals surface area (Å²) in [5, 5.41) is 0. The minimum atomic E-state index is -1.23. The maximum Gasteiger partial charge on any atom is 0.303 e. The van der Waals surface area contributed by atoms with Crippen molar-refractivity contribution in [2.75, 3.05) is 6.61 Å². The highest BCUT2D eigenvalue weighted by molar-refractivity contribution is 5.68. The van der Waals surface area contributed by atoms with Gasteiger partial charge in [-0.25, -0.2) is 0 Å². The molecule has 0 spiro atoms. The Hall–Kier alpha value is -2.20. The Kier molecular flexibility index (Phi) is 8.37. The number of rotatable bonds is 6. The van der Waals surface area contributed by atoms with E-state index in [0.717, 1.165) is 13.8 Å². The molecule has 0 bridgehead atoms. The molecule has 1 aliphatic rings. The lowest BCUT2D eigenvalue weighted by Crippen LogP contribution is -2.63. The van der Waals surface area contributed by atoms with Gasteiger partial charge in [0.15, 0.2) is 24.6 Å². The van der Waals surface area contributed by atoms with Crippen LogP contribution in [0.25, 0.3) is 0 Å². The first-order chi connectivity index (χ1) is 12.8. The fraction of sp³-hybridized carbons (Fsp3) is 0.778. The number of hydrogen-bond donors (Lipinski definition) is 0. The summed E-state index contributed by atoms with van der Waals surface area (Å²) in [7, 11) is 0. The highest BCUT2D eigenvalue weighted by Crippen LogP contribution is 2.31. The van der Waals surface area contributed by atoms with Crippen molar-refractivity contribution in [3.8, 4) is 0 Å². The fourth-order valence-electron chi connectivity index (χ4n) is 2.63. The van der Waals surface area contributed by atoms with Gasteiger partial charge in [-0.3, -0.25) is 19.2 Å². The molecule has 0 saturated carbocycles. The minimum absolute atomic E-state index is 0.290. The molecule has 1 saturated heterocycles. The zero-order chi connectivity index (χ0) is 21.6. The predicted octanol–water partition coefficient (Wildman–Crippen LogP) is 0.885. The molecular weight excluding hydrogens is 376 g/mol. The second-order valence-corrected chi connectivity index (χ2v) is 7.30. The molecule has 0 aromatic rings. The van der Waals surface area contributed by atoms with Crippen molar-refractivity contribution < 1.29 is 47.6 Å². The van der Waals surface area contributed by atoms with Gasteiger partial charge >= 0.3 is 23.9 Å². The third-order valence-corrected chi connectivity index (χ3v) is 3.42. The van der Waals surface area contributed by atoms with Crippen LogP contribution < -0.4 is 0 Å². The average molecular weight is 404 g/mol. The van der Waals surface area contributed by atoms with E-state index in [1.165, 1.54) is 13.8 Å². The third kappa shape index (κ3) is 7.81. The molecule has 0 radical (unpaired) electrons. The number of carbonyl (C=O) groups excluding carboxylic acids is 4. The molecule has 10 heteroatoms. The van der Waals surface area contributed by atoms with Crippen LogP contribution >= 0.6 is 0 Å². The Labute approximate surface area is 163 Å². The van der Waals surface area contributed by atoms with E-state index >= 15 is 0 Å². The Balaban J connectivity index is 3.33. The van der Waals surface area contributed by atoms with Gasteiger partial charge in [-0.15, -0.1) is 0 Å². The predicted molar refractivity (Wildman–Crippen MR) is 92.8 cm³/mol. The van der Waals surface area contributed by atoms with Crippen molar-refractivity contribution in [3.63, 3.8) is 0 Å². The van der Waals surface area contributed by atoms with Crippen molar-refractivity contribution in [2.45, 2.75) is 84.8 Å². The summed E-state index contributed by atoms with van der Waals surface area (Å²) in [6.07, 6.45) is -5.81. The summed E-state index contributed by atoms with van der Waals surface area (Å²) >= 11 is 0. The van der Waals surface area contributed by atoms with Gasteiger partial charge in [0.2, 0.25) is 0 Å². The number of esters is 4. The van der Waals surface area contributed by atoms with Crippen LogP contribution in [-0.2, 0) is 47.6 Å². The van der Waals surface area contributed by atoms with Gasteiger partial charge in [0.1, 0.15) is 12.7 Å². The molecule has 160 valence electrons. The van der Waals surface area contributed by atoms with E-state index in [2.05, 4.69) is 0 Å². The van der Waals surface area contributed by atoms with Crippen LogP contribution in [-0.4, -0.2) is 66.8 Å². The van der Waals surface area contributed by atoms with E-state index in [4.69, 9.17) is 28.4 Å². The Morgan fingerprint density at radius 3 is 1.64 bits per heavy atom. The molecule has 1 fully saturated rings. The highest BCUT2D eigenvalue weighted by Gasteiger charge is 2.53. The normalized spacial score (nSPS) is 27.5. The summed E-state index contributed by atoms with van der Waals surface area (Å²) in [6.45, 7) is 9.66. The zero-order valence-electron chi connectivity index (χ0n) is 17.2. The van der Waals surface area contributed by atoms with Gasteiger partial charge in [-0.1, -0.05) is 0 Å². The lowest BCUT2D eigenvalue weighted by atomic mass is 9.97. The maximum atomic E-state index is 11.7. The van der Waals surface area contributed by atoms with Crippen molar-refractivity contribution in [1.82, 2.24) is 0 Å². The SMILES string of the molecule is CC(=O)OC[C@H]1O[C@H](OC(C)(C)C)[C@H](OC(C)=O)[C@@H](OC(C)=O)[C@@H]1OC(C)=O. The Bertz CT molecular complexity index is 594. The molecule has 0 aliphatic carbocycles. The molecule has 10 nitrogen and oxygen atoms in total. The molecule has 5 atom stereocenters. The Morgan fingerprint density at radius 1 is 0.750 bits per heavy atom. The van der Waals surface area contributed by atoms with E-state index in [1.54, 1.807) is 20.8 Å². The second-order valence-electron chi connectivity index (χ2n) is 7.30. The van der Waals surface area contributed by atoms with Gasteiger partial charge < -0.3 is 28.4 Å². The van der Waals surface area contributed by atoms with Crippen molar-refractivity contribution >= 4 is 23.9 Å². The fourth-order valence-corrected chi connectivity index (χ4v) is 2.63. The lowest BCUT2D eigenvalue weighted by Gasteiger charge is -2.45. The smallest absolute Gasteiger partial charge is 0.303 e. The first-order valence-electron chi connectivity index (χ1n) is 8.78. The molecule has 1 rings (SSSR count). The van der Waals surface area contributed by atoms with Crippen LogP contribution in [0.1, 0.15) is 48.5 Å². The van der Waals surface area contributed by atoms with E-state index in [9.17, 15) is 19.2 Å². The van der Waals surface area contributed by atoms with Crippen molar-refractivity contribution in [2.24, 2.45) is 0 Å². The largest absolute Gasteiger partial charge is 0.463 e. The molecule has 1 heterocycles. The van der Waals surface area contributed by atoms with Crippen LogP contribution in [0.3, 0.4) is 0 Å². The van der Waals surface area contributed by atoms with E-state index in [1.807, 2.05) is 0 Å². The monoisotopic (exact) mass is 404 g/mol. The molecule has 28 heavy (non-hydrogen) atoms. The van der Waals surface area contributed by atoms with E-state index < -0.39 is 60.2 Å². The maximum absolute atomic E-state index is 11.7. The summed E-state index contributed by atoms with van der Waals surface area (Å²) in [5.74, 6) is -2.63. The topological polar surface area (TPSA) is 124 Å². The number of hydrogen-bond acceptors (Lipinski definition) is 10. The van der Waals surface area contributed by atoms with Gasteiger partial charge in [0.05, 0.1) is 5.60 Å². The molecule has 0 N–H and O–H groups in total. The molecule has 0 aromatic carbocycles. The van der Waals surface area contributed by atoms with Gasteiger partial charge in [0.25, 0.3) is 0 Å². The average Bonchev–Trinajstić information content (AvgIpc) is 2.48. The van der Waals surface area contributed by atoms with Gasteiger partial charge in [-0.05, 0) is 20.8 Å².